The summed E-state index contributed by atoms with van der Waals surface area (Å²) < 4.78 is 0. The minimum atomic E-state index is -0.378. The summed E-state index contributed by atoms with van der Waals surface area (Å²) in [5.41, 5.74) is 6.87. The van der Waals surface area contributed by atoms with Crippen molar-refractivity contribution in [2.45, 2.75) is 78.3 Å². The van der Waals surface area contributed by atoms with Crippen LogP contribution >= 0.6 is 0 Å². The Kier molecular flexibility index (Phi) is 9.06. The summed E-state index contributed by atoms with van der Waals surface area (Å²) in [4.78, 5) is 10.2. The molecule has 4 aromatic rings. The molecular weight excluding hydrogens is 516 g/mol. The summed E-state index contributed by atoms with van der Waals surface area (Å²) in [6, 6.07) is 27.5. The first kappa shape index (κ1) is 30.8. The summed E-state index contributed by atoms with van der Waals surface area (Å²) in [6.07, 6.45) is 3.56. The quantitative estimate of drug-likeness (QED) is 0.221. The number of phenols is 2. The van der Waals surface area contributed by atoms with Crippen LogP contribution in [0.1, 0.15) is 98.1 Å². The van der Waals surface area contributed by atoms with Gasteiger partial charge in [-0.05, 0) is 59.1 Å². The molecule has 0 bridgehead atoms. The lowest BCUT2D eigenvalue weighted by molar-refractivity contribution is 0.444. The molecule has 0 aliphatic carbocycles. The van der Waals surface area contributed by atoms with Gasteiger partial charge >= 0.3 is 0 Å². The lowest BCUT2D eigenvalue weighted by Gasteiger charge is -2.24. The molecule has 4 rings (SSSR count). The van der Waals surface area contributed by atoms with Gasteiger partial charge in [0.25, 0.3) is 0 Å². The van der Waals surface area contributed by atoms with E-state index in [4.69, 9.17) is 9.98 Å². The second-order valence-corrected chi connectivity index (χ2v) is 13.3. The molecular formula is C38H44N2O2. The standard InChI is InChI=1S/C38H44N2O2/c1-25-19-29(35(41)31(21-25)37(3,4)5)23-39-33(27-15-11-9-12-16-27)34(28-17-13-10-14-18-28)40-24-30-20-26(2)22-32(36(30)42)38(6,7)8/h9-24,33-34,41-42H,1-8H3/t33-,34-/m1/s1. The van der Waals surface area contributed by atoms with Crippen molar-refractivity contribution in [3.8, 4) is 11.5 Å². The Balaban J connectivity index is 1.87. The second kappa shape index (κ2) is 12.4. The largest absolute Gasteiger partial charge is 0.507 e. The molecule has 0 amide bonds. The molecule has 42 heavy (non-hydrogen) atoms. The van der Waals surface area contributed by atoms with Gasteiger partial charge in [0.05, 0.1) is 0 Å². The number of hydrogen-bond acceptors (Lipinski definition) is 4. The van der Waals surface area contributed by atoms with E-state index in [-0.39, 0.29) is 34.4 Å². The van der Waals surface area contributed by atoms with E-state index in [9.17, 15) is 10.2 Å². The third-order valence-electron chi connectivity index (χ3n) is 7.51. The highest BCUT2D eigenvalue weighted by Gasteiger charge is 2.25. The van der Waals surface area contributed by atoms with Crippen LogP contribution in [0.25, 0.3) is 0 Å². The van der Waals surface area contributed by atoms with Gasteiger partial charge in [-0.1, -0.05) is 114 Å². The molecule has 2 N–H and O–H groups in total. The topological polar surface area (TPSA) is 65.2 Å². The zero-order valence-corrected chi connectivity index (χ0v) is 26.2. The SMILES string of the molecule is Cc1cc(C=N[C@H](c2ccccc2)[C@H](N=Cc2cc(C)cc(C(C)(C)C)c2O)c2ccccc2)c(O)c(C(C)(C)C)c1. The monoisotopic (exact) mass is 560 g/mol. The fraction of sp³-hybridized carbons (Fsp3) is 0.316. The zero-order valence-electron chi connectivity index (χ0n) is 26.2. The molecule has 2 atom stereocenters. The second-order valence-electron chi connectivity index (χ2n) is 13.3. The van der Waals surface area contributed by atoms with Crippen LogP contribution in [-0.4, -0.2) is 22.6 Å². The van der Waals surface area contributed by atoms with Crippen molar-refractivity contribution in [2.75, 3.05) is 0 Å². The maximum Gasteiger partial charge on any atom is 0.128 e. The number of phenolic OH excluding ortho intramolecular Hbond substituents is 2. The van der Waals surface area contributed by atoms with Crippen LogP contribution in [0.5, 0.6) is 11.5 Å². The molecule has 0 spiro atoms. The van der Waals surface area contributed by atoms with Gasteiger partial charge in [-0.15, -0.1) is 0 Å². The summed E-state index contributed by atoms with van der Waals surface area (Å²) in [6.45, 7) is 16.7. The maximum atomic E-state index is 11.2. The minimum Gasteiger partial charge on any atom is -0.507 e. The van der Waals surface area contributed by atoms with Gasteiger partial charge < -0.3 is 10.2 Å². The van der Waals surface area contributed by atoms with Gasteiger partial charge in [0.1, 0.15) is 23.6 Å². The van der Waals surface area contributed by atoms with Gasteiger partial charge in [-0.3, -0.25) is 9.98 Å². The number of aromatic hydroxyl groups is 2. The smallest absolute Gasteiger partial charge is 0.128 e. The number of rotatable bonds is 7. The van der Waals surface area contributed by atoms with Crippen LogP contribution < -0.4 is 0 Å². The maximum absolute atomic E-state index is 11.2. The van der Waals surface area contributed by atoms with Crippen LogP contribution in [0.2, 0.25) is 0 Å². The summed E-state index contributed by atoms with van der Waals surface area (Å²) in [5, 5.41) is 22.5. The first-order chi connectivity index (χ1) is 19.8. The molecule has 0 heterocycles. The Hall–Kier alpha value is -4.18. The minimum absolute atomic E-state index is 0.212. The number of hydrogen-bond donors (Lipinski definition) is 2. The summed E-state index contributed by atoms with van der Waals surface area (Å²) >= 11 is 0. The third kappa shape index (κ3) is 7.17. The molecule has 4 aromatic carbocycles. The van der Waals surface area contributed by atoms with Gasteiger partial charge in [-0.2, -0.15) is 0 Å². The predicted octanol–water partition coefficient (Wildman–Crippen LogP) is 9.33. The number of aliphatic imine (C=N–C) groups is 2. The van der Waals surface area contributed by atoms with E-state index in [1.165, 1.54) is 0 Å². The number of nitrogens with zero attached hydrogens (tertiary/aromatic N) is 2. The Morgan fingerprint density at radius 1 is 0.548 bits per heavy atom. The first-order valence-electron chi connectivity index (χ1n) is 14.6. The summed E-state index contributed by atoms with van der Waals surface area (Å²) in [5.74, 6) is 0.505. The van der Waals surface area contributed by atoms with Crippen molar-refractivity contribution in [1.82, 2.24) is 0 Å². The van der Waals surface area contributed by atoms with Crippen LogP contribution in [0.3, 0.4) is 0 Å². The van der Waals surface area contributed by atoms with Gasteiger partial charge in [0, 0.05) is 34.7 Å². The van der Waals surface area contributed by atoms with Crippen LogP contribution in [-0.2, 0) is 10.8 Å². The Bertz CT molecular complexity index is 1450. The normalized spacial score (nSPS) is 14.0. The lowest BCUT2D eigenvalue weighted by atomic mass is 9.84. The Labute approximate surface area is 251 Å². The van der Waals surface area contributed by atoms with Gasteiger partial charge in [0.2, 0.25) is 0 Å². The van der Waals surface area contributed by atoms with Crippen molar-refractivity contribution in [2.24, 2.45) is 9.98 Å². The Morgan fingerprint density at radius 2 is 0.881 bits per heavy atom. The molecule has 218 valence electrons. The van der Waals surface area contributed by atoms with E-state index in [0.29, 0.717) is 11.1 Å². The molecule has 0 aromatic heterocycles. The highest BCUT2D eigenvalue weighted by atomic mass is 16.3. The molecule has 0 saturated heterocycles. The highest BCUT2D eigenvalue weighted by Crippen LogP contribution is 2.39. The predicted molar refractivity (Wildman–Crippen MR) is 177 cm³/mol. The molecule has 0 unspecified atom stereocenters. The first-order valence-corrected chi connectivity index (χ1v) is 14.6. The van der Waals surface area contributed by atoms with E-state index in [2.05, 4.69) is 65.8 Å². The molecule has 0 saturated carbocycles. The van der Waals surface area contributed by atoms with Crippen molar-refractivity contribution in [1.29, 1.82) is 0 Å². The average Bonchev–Trinajstić information content (AvgIpc) is 2.93. The third-order valence-corrected chi connectivity index (χ3v) is 7.51. The van der Waals surface area contributed by atoms with Crippen LogP contribution in [0.4, 0.5) is 0 Å². The van der Waals surface area contributed by atoms with Gasteiger partial charge in [-0.25, -0.2) is 0 Å². The zero-order chi connectivity index (χ0) is 30.7. The lowest BCUT2D eigenvalue weighted by Crippen LogP contribution is -2.13. The molecule has 0 aliphatic heterocycles. The average molecular weight is 561 g/mol. The van der Waals surface area contributed by atoms with Crippen LogP contribution in [0.15, 0.2) is 94.9 Å². The van der Waals surface area contributed by atoms with Crippen molar-refractivity contribution in [3.63, 3.8) is 0 Å². The Morgan fingerprint density at radius 3 is 1.19 bits per heavy atom. The van der Waals surface area contributed by atoms with E-state index < -0.39 is 0 Å². The van der Waals surface area contributed by atoms with Crippen LogP contribution in [0, 0.1) is 13.8 Å². The molecule has 0 aliphatic rings. The van der Waals surface area contributed by atoms with Gasteiger partial charge in [0.15, 0.2) is 0 Å². The van der Waals surface area contributed by atoms with E-state index in [1.807, 2.05) is 74.5 Å². The molecule has 0 fully saturated rings. The molecule has 4 heteroatoms. The molecule has 0 radical (unpaired) electrons. The van der Waals surface area contributed by atoms with E-state index >= 15 is 0 Å². The number of aryl methyl sites for hydroxylation is 2. The molecule has 4 nitrogen and oxygen atoms in total. The fourth-order valence-corrected chi connectivity index (χ4v) is 5.28. The van der Waals surface area contributed by atoms with Crippen molar-refractivity contribution in [3.05, 3.63) is 129 Å². The summed E-state index contributed by atoms with van der Waals surface area (Å²) in [7, 11) is 0. The van der Waals surface area contributed by atoms with E-state index in [1.54, 1.807) is 12.4 Å². The highest BCUT2D eigenvalue weighted by molar-refractivity contribution is 5.86. The van der Waals surface area contributed by atoms with Crippen molar-refractivity contribution < 1.29 is 10.2 Å². The van der Waals surface area contributed by atoms with Crippen molar-refractivity contribution >= 4 is 12.4 Å². The van der Waals surface area contributed by atoms with E-state index in [0.717, 1.165) is 33.4 Å². The fourth-order valence-electron chi connectivity index (χ4n) is 5.28. The number of benzene rings is 4.